The minimum absolute atomic E-state index is 0.0695. The second kappa shape index (κ2) is 15.2. The fourth-order valence-corrected chi connectivity index (χ4v) is 4.79. The smallest absolute Gasteiger partial charge is 0.272 e. The monoisotopic (exact) mass is 618 g/mol. The number of benzene rings is 4. The molecule has 5 aromatic rings. The van der Waals surface area contributed by atoms with Crippen LogP contribution in [0.5, 0.6) is 5.75 Å². The van der Waals surface area contributed by atoms with Crippen LogP contribution in [0.3, 0.4) is 0 Å². The summed E-state index contributed by atoms with van der Waals surface area (Å²) in [5, 5.41) is 12.0. The van der Waals surface area contributed by atoms with Gasteiger partial charge in [0.1, 0.15) is 23.8 Å². The number of hydrogen-bond donors (Lipinski definition) is 3. The van der Waals surface area contributed by atoms with E-state index >= 15 is 0 Å². The molecule has 226 valence electrons. The molecule has 1 aromatic heterocycles. The Labute approximate surface area is 264 Å². The quantitative estimate of drug-likeness (QED) is 0.105. The van der Waals surface area contributed by atoms with Crippen molar-refractivity contribution in [2.24, 2.45) is 0 Å². The molecule has 0 aliphatic carbocycles. The van der Waals surface area contributed by atoms with Gasteiger partial charge >= 0.3 is 0 Å². The van der Waals surface area contributed by atoms with E-state index in [1.54, 1.807) is 67.6 Å². The van der Waals surface area contributed by atoms with E-state index < -0.39 is 11.8 Å². The Bertz CT molecular complexity index is 1770. The predicted molar refractivity (Wildman–Crippen MR) is 175 cm³/mol. The first kappa shape index (κ1) is 30.8. The van der Waals surface area contributed by atoms with Gasteiger partial charge in [-0.15, -0.1) is 11.8 Å². The van der Waals surface area contributed by atoms with E-state index in [1.165, 1.54) is 11.8 Å². The number of nitrogens with zero attached hydrogens (tertiary/aromatic N) is 1. The van der Waals surface area contributed by atoms with Gasteiger partial charge in [0.15, 0.2) is 5.82 Å². The average molecular weight is 619 g/mol. The molecule has 0 bridgehead atoms. The molecule has 45 heavy (non-hydrogen) atoms. The summed E-state index contributed by atoms with van der Waals surface area (Å²) >= 11 is 1.34. The maximum Gasteiger partial charge on any atom is 0.272 e. The van der Waals surface area contributed by atoms with Gasteiger partial charge in [0.2, 0.25) is 5.91 Å². The van der Waals surface area contributed by atoms with Crippen LogP contribution in [0, 0.1) is 6.92 Å². The van der Waals surface area contributed by atoms with Crippen molar-refractivity contribution in [2.75, 3.05) is 16.4 Å². The molecule has 10 heteroatoms. The van der Waals surface area contributed by atoms with E-state index in [1.807, 2.05) is 60.7 Å². The fourth-order valence-electron chi connectivity index (χ4n) is 4.10. The van der Waals surface area contributed by atoms with Gasteiger partial charge in [0.05, 0.1) is 5.75 Å². The number of carbonyl (C=O) groups is 3. The van der Waals surface area contributed by atoms with Gasteiger partial charge in [-0.1, -0.05) is 65.8 Å². The van der Waals surface area contributed by atoms with E-state index in [0.717, 1.165) is 10.5 Å². The zero-order valence-corrected chi connectivity index (χ0v) is 25.2. The number of rotatable bonds is 12. The third-order valence-corrected chi connectivity index (χ3v) is 7.36. The zero-order valence-electron chi connectivity index (χ0n) is 24.4. The van der Waals surface area contributed by atoms with E-state index in [-0.39, 0.29) is 17.4 Å². The largest absolute Gasteiger partial charge is 0.489 e. The van der Waals surface area contributed by atoms with Gasteiger partial charge < -0.3 is 25.2 Å². The summed E-state index contributed by atoms with van der Waals surface area (Å²) in [5.74, 6) is 0.704. The Morgan fingerprint density at radius 1 is 0.844 bits per heavy atom. The van der Waals surface area contributed by atoms with Gasteiger partial charge in [0.25, 0.3) is 11.8 Å². The van der Waals surface area contributed by atoms with Crippen molar-refractivity contribution in [2.45, 2.75) is 18.4 Å². The van der Waals surface area contributed by atoms with Crippen molar-refractivity contribution in [3.63, 3.8) is 0 Å². The van der Waals surface area contributed by atoms with Gasteiger partial charge in [-0.05, 0) is 72.7 Å². The lowest BCUT2D eigenvalue weighted by Gasteiger charge is -2.12. The number of aromatic nitrogens is 1. The molecule has 3 N–H and O–H groups in total. The number of anilines is 2. The number of hydrogen-bond acceptors (Lipinski definition) is 7. The first-order valence-electron chi connectivity index (χ1n) is 14.0. The molecule has 3 amide bonds. The van der Waals surface area contributed by atoms with E-state index in [4.69, 9.17) is 9.26 Å². The first-order chi connectivity index (χ1) is 21.9. The van der Waals surface area contributed by atoms with Gasteiger partial charge in [0, 0.05) is 22.2 Å². The number of nitrogens with one attached hydrogen (secondary N) is 3. The molecule has 0 saturated heterocycles. The summed E-state index contributed by atoms with van der Waals surface area (Å²) in [6.07, 6.45) is 1.61. The van der Waals surface area contributed by atoms with Crippen molar-refractivity contribution in [1.29, 1.82) is 0 Å². The highest BCUT2D eigenvalue weighted by atomic mass is 32.2. The van der Waals surface area contributed by atoms with Crippen molar-refractivity contribution in [3.8, 4) is 5.75 Å². The Hall–Kier alpha value is -5.61. The number of thioether (sulfide) groups is 1. The Morgan fingerprint density at radius 2 is 1.53 bits per heavy atom. The van der Waals surface area contributed by atoms with Crippen LogP contribution in [-0.2, 0) is 16.2 Å². The lowest BCUT2D eigenvalue weighted by molar-refractivity contribution is -0.114. The molecule has 0 spiro atoms. The molecule has 0 aliphatic rings. The standard InChI is InChI=1S/C35H30N4O5S/c1-24-20-32(39-44-24)38-33(40)23-45-30-18-14-28(15-19-30)36-35(42)31(37-34(41)27-10-6-3-7-11-27)21-25-12-16-29(17-13-25)43-22-26-8-4-2-5-9-26/h2-21H,22-23H2,1H3,(H,36,42)(H,37,41)(H,38,39,40)/b31-21-. The average Bonchev–Trinajstić information content (AvgIpc) is 3.48. The maximum atomic E-state index is 13.4. The highest BCUT2D eigenvalue weighted by Crippen LogP contribution is 2.22. The van der Waals surface area contributed by atoms with Crippen LogP contribution in [0.25, 0.3) is 6.08 Å². The molecule has 0 atom stereocenters. The van der Waals surface area contributed by atoms with Crippen molar-refractivity contribution in [3.05, 3.63) is 143 Å². The molecule has 0 aliphatic heterocycles. The van der Waals surface area contributed by atoms with Crippen molar-refractivity contribution < 1.29 is 23.6 Å². The molecule has 0 radical (unpaired) electrons. The third-order valence-electron chi connectivity index (χ3n) is 6.35. The summed E-state index contributed by atoms with van der Waals surface area (Å²) in [6, 6.07) is 34.5. The maximum absolute atomic E-state index is 13.4. The topological polar surface area (TPSA) is 123 Å². The SMILES string of the molecule is Cc1cc(NC(=O)CSc2ccc(NC(=O)/C(=C/c3ccc(OCc4ccccc4)cc3)NC(=O)c3ccccc3)cc2)no1. The molecule has 0 unspecified atom stereocenters. The minimum atomic E-state index is -0.494. The van der Waals surface area contributed by atoms with Crippen molar-refractivity contribution in [1.82, 2.24) is 10.5 Å². The second-order valence-corrected chi connectivity index (χ2v) is 10.9. The molecule has 1 heterocycles. The lowest BCUT2D eigenvalue weighted by Crippen LogP contribution is -2.30. The van der Waals surface area contributed by atoms with Crippen LogP contribution in [-0.4, -0.2) is 28.6 Å². The summed E-state index contributed by atoms with van der Waals surface area (Å²) < 4.78 is 10.8. The van der Waals surface area contributed by atoms with Crippen LogP contribution >= 0.6 is 11.8 Å². The number of aryl methyl sites for hydroxylation is 1. The normalized spacial score (nSPS) is 11.0. The minimum Gasteiger partial charge on any atom is -0.489 e. The number of amides is 3. The van der Waals surface area contributed by atoms with Gasteiger partial charge in [-0.3, -0.25) is 14.4 Å². The number of ether oxygens (including phenoxy) is 1. The summed E-state index contributed by atoms with van der Waals surface area (Å²) in [4.78, 5) is 39.4. The summed E-state index contributed by atoms with van der Waals surface area (Å²) in [5.41, 5.74) is 2.77. The number of carbonyl (C=O) groups excluding carboxylic acids is 3. The van der Waals surface area contributed by atoms with Crippen LogP contribution in [0.2, 0.25) is 0 Å². The fraction of sp³-hybridized carbons (Fsp3) is 0.0857. The molecule has 4 aromatic carbocycles. The molecular formula is C35H30N4O5S. The van der Waals surface area contributed by atoms with Gasteiger partial charge in [-0.2, -0.15) is 0 Å². The van der Waals surface area contributed by atoms with Crippen LogP contribution in [0.1, 0.15) is 27.2 Å². The van der Waals surface area contributed by atoms with Crippen LogP contribution in [0.4, 0.5) is 11.5 Å². The van der Waals surface area contributed by atoms with E-state index in [0.29, 0.717) is 40.7 Å². The predicted octanol–water partition coefficient (Wildman–Crippen LogP) is 6.70. The lowest BCUT2D eigenvalue weighted by atomic mass is 10.1. The zero-order chi connectivity index (χ0) is 31.4. The highest BCUT2D eigenvalue weighted by molar-refractivity contribution is 8.00. The van der Waals surface area contributed by atoms with Gasteiger partial charge in [-0.25, -0.2) is 0 Å². The Balaban J connectivity index is 1.23. The Kier molecular flexibility index (Phi) is 10.4. The molecule has 0 saturated carbocycles. The van der Waals surface area contributed by atoms with E-state index in [9.17, 15) is 14.4 Å². The van der Waals surface area contributed by atoms with E-state index in [2.05, 4.69) is 21.1 Å². The highest BCUT2D eigenvalue weighted by Gasteiger charge is 2.15. The molecule has 0 fully saturated rings. The summed E-state index contributed by atoms with van der Waals surface area (Å²) in [7, 11) is 0. The molecular weight excluding hydrogens is 588 g/mol. The van der Waals surface area contributed by atoms with Crippen LogP contribution < -0.4 is 20.7 Å². The van der Waals surface area contributed by atoms with Crippen molar-refractivity contribution >= 4 is 47.1 Å². The summed E-state index contributed by atoms with van der Waals surface area (Å²) in [6.45, 7) is 2.18. The molecule has 9 nitrogen and oxygen atoms in total. The Morgan fingerprint density at radius 3 is 2.20 bits per heavy atom. The van der Waals surface area contributed by atoms with Crippen LogP contribution in [0.15, 0.2) is 130 Å². The first-order valence-corrected chi connectivity index (χ1v) is 15.0. The third kappa shape index (κ3) is 9.44. The second-order valence-electron chi connectivity index (χ2n) is 9.86. The molecule has 5 rings (SSSR count).